The van der Waals surface area contributed by atoms with Crippen LogP contribution in [0.15, 0.2) is 41.8 Å². The highest BCUT2D eigenvalue weighted by Crippen LogP contribution is 2.12. The summed E-state index contributed by atoms with van der Waals surface area (Å²) in [7, 11) is 3.60. The quantitative estimate of drug-likeness (QED) is 0.734. The molecule has 0 radical (unpaired) electrons. The lowest BCUT2D eigenvalue weighted by Crippen LogP contribution is -2.27. The fraction of sp³-hybridized carbons (Fsp3) is 0.312. The van der Waals surface area contributed by atoms with E-state index in [0.717, 1.165) is 24.3 Å². The van der Waals surface area contributed by atoms with Crippen LogP contribution in [0.1, 0.15) is 15.2 Å². The number of likely N-dealkylation sites (N-methyl/N-ethyl adjacent to an activating group) is 1. The van der Waals surface area contributed by atoms with Gasteiger partial charge in [0.05, 0.1) is 13.7 Å². The van der Waals surface area contributed by atoms with E-state index in [2.05, 4.69) is 22.4 Å². The Morgan fingerprint density at radius 2 is 2.00 bits per heavy atom. The number of nitrogens with zero attached hydrogens (tertiary/aromatic N) is 1. The summed E-state index contributed by atoms with van der Waals surface area (Å²) in [6.07, 6.45) is 0.990. The first-order valence-corrected chi connectivity index (χ1v) is 7.45. The molecule has 1 aromatic heterocycles. The summed E-state index contributed by atoms with van der Waals surface area (Å²) in [5, 5.41) is 2.08. The molecule has 1 heterocycles. The maximum Gasteiger partial charge on any atom is 0.176 e. The van der Waals surface area contributed by atoms with Crippen molar-refractivity contribution in [1.82, 2.24) is 4.90 Å². The smallest absolute Gasteiger partial charge is 0.176 e. The van der Waals surface area contributed by atoms with Crippen LogP contribution < -0.4 is 4.74 Å². The highest BCUT2D eigenvalue weighted by Gasteiger charge is 2.09. The van der Waals surface area contributed by atoms with Crippen LogP contribution in [0, 0.1) is 0 Å². The zero-order valence-corrected chi connectivity index (χ0v) is 12.7. The Morgan fingerprint density at radius 1 is 1.25 bits per heavy atom. The molecule has 106 valence electrons. The van der Waals surface area contributed by atoms with Crippen LogP contribution in [0.25, 0.3) is 0 Å². The maximum absolute atomic E-state index is 12.1. The van der Waals surface area contributed by atoms with E-state index in [1.807, 2.05) is 31.3 Å². The van der Waals surface area contributed by atoms with Crippen molar-refractivity contribution in [2.45, 2.75) is 6.42 Å². The minimum Gasteiger partial charge on any atom is -0.497 e. The van der Waals surface area contributed by atoms with Crippen molar-refractivity contribution in [3.8, 4) is 5.75 Å². The predicted octanol–water partition coefficient (Wildman–Crippen LogP) is 3.11. The van der Waals surface area contributed by atoms with Gasteiger partial charge in [0.2, 0.25) is 0 Å². The third-order valence-electron chi connectivity index (χ3n) is 3.15. The van der Waals surface area contributed by atoms with Crippen molar-refractivity contribution in [2.24, 2.45) is 0 Å². The molecule has 0 N–H and O–H groups in total. The summed E-state index contributed by atoms with van der Waals surface area (Å²) < 4.78 is 5.09. The van der Waals surface area contributed by atoms with Crippen LogP contribution in [0.2, 0.25) is 0 Å². The molecule has 0 spiro atoms. The highest BCUT2D eigenvalue weighted by atomic mass is 32.1. The van der Waals surface area contributed by atoms with Gasteiger partial charge in [-0.3, -0.25) is 9.69 Å². The van der Waals surface area contributed by atoms with Crippen LogP contribution in [0.5, 0.6) is 5.75 Å². The summed E-state index contributed by atoms with van der Waals surface area (Å²) >= 11 is 1.76. The molecule has 0 bridgehead atoms. The summed E-state index contributed by atoms with van der Waals surface area (Å²) in [5.41, 5.74) is 0.730. The average Bonchev–Trinajstić information content (AvgIpc) is 2.98. The van der Waals surface area contributed by atoms with Gasteiger partial charge in [0.15, 0.2) is 5.78 Å². The number of hydrogen-bond acceptors (Lipinski definition) is 4. The number of thiophene rings is 1. The molecule has 0 unspecified atom stereocenters. The molecule has 3 nitrogen and oxygen atoms in total. The summed E-state index contributed by atoms with van der Waals surface area (Å²) in [5.74, 6) is 0.911. The van der Waals surface area contributed by atoms with E-state index in [1.165, 1.54) is 4.88 Å². The van der Waals surface area contributed by atoms with E-state index in [1.54, 1.807) is 18.4 Å². The Kier molecular flexibility index (Phi) is 5.32. The van der Waals surface area contributed by atoms with Gasteiger partial charge < -0.3 is 4.74 Å². The lowest BCUT2D eigenvalue weighted by molar-refractivity contribution is 0.0947. The van der Waals surface area contributed by atoms with E-state index in [9.17, 15) is 4.79 Å². The SMILES string of the molecule is COc1ccc(C(=O)CN(C)CCc2cccs2)cc1. The number of methoxy groups -OCH3 is 1. The minimum absolute atomic E-state index is 0.140. The maximum atomic E-state index is 12.1. The number of ketones is 1. The number of carbonyl (C=O) groups excluding carboxylic acids is 1. The zero-order chi connectivity index (χ0) is 14.4. The van der Waals surface area contributed by atoms with Gasteiger partial charge in [-0.25, -0.2) is 0 Å². The first kappa shape index (κ1) is 14.8. The molecule has 0 aliphatic carbocycles. The van der Waals surface area contributed by atoms with Crippen LogP contribution in [-0.4, -0.2) is 37.9 Å². The molecule has 0 fully saturated rings. The number of ether oxygens (including phenoxy) is 1. The number of benzene rings is 1. The molecule has 20 heavy (non-hydrogen) atoms. The highest BCUT2D eigenvalue weighted by molar-refractivity contribution is 7.09. The second-order valence-electron chi connectivity index (χ2n) is 4.72. The predicted molar refractivity (Wildman–Crippen MR) is 82.8 cm³/mol. The summed E-state index contributed by atoms with van der Waals surface area (Å²) in [4.78, 5) is 15.6. The Bertz CT molecular complexity index is 534. The lowest BCUT2D eigenvalue weighted by atomic mass is 10.1. The van der Waals surface area contributed by atoms with Crippen LogP contribution in [0.3, 0.4) is 0 Å². The molecule has 0 atom stereocenters. The van der Waals surface area contributed by atoms with Crippen molar-refractivity contribution in [1.29, 1.82) is 0 Å². The molecule has 2 rings (SSSR count). The van der Waals surface area contributed by atoms with Gasteiger partial charge >= 0.3 is 0 Å². The standard InChI is InChI=1S/C16H19NO2S/c1-17(10-9-15-4-3-11-20-15)12-16(18)13-5-7-14(19-2)8-6-13/h3-8,11H,9-10,12H2,1-2H3. The van der Waals surface area contributed by atoms with Gasteiger partial charge in [0.25, 0.3) is 0 Å². The average molecular weight is 289 g/mol. The second-order valence-corrected chi connectivity index (χ2v) is 5.75. The van der Waals surface area contributed by atoms with Gasteiger partial charge in [-0.1, -0.05) is 6.07 Å². The second kappa shape index (κ2) is 7.22. The fourth-order valence-electron chi connectivity index (χ4n) is 1.95. The molecule has 0 amide bonds. The summed E-state index contributed by atoms with van der Waals surface area (Å²) in [6, 6.07) is 11.5. The number of carbonyl (C=O) groups is 1. The molecular formula is C16H19NO2S. The van der Waals surface area contributed by atoms with E-state index in [-0.39, 0.29) is 5.78 Å². The molecule has 0 saturated carbocycles. The van der Waals surface area contributed by atoms with Gasteiger partial charge in [-0.2, -0.15) is 0 Å². The summed E-state index contributed by atoms with van der Waals surface area (Å²) in [6.45, 7) is 1.33. The molecule has 0 aliphatic rings. The number of hydrogen-bond donors (Lipinski definition) is 0. The molecule has 1 aromatic carbocycles. The minimum atomic E-state index is 0.140. The van der Waals surface area contributed by atoms with E-state index in [4.69, 9.17) is 4.74 Å². The number of rotatable bonds is 7. The fourth-order valence-corrected chi connectivity index (χ4v) is 2.65. The largest absolute Gasteiger partial charge is 0.497 e. The van der Waals surface area contributed by atoms with E-state index >= 15 is 0 Å². The molecule has 2 aromatic rings. The van der Waals surface area contributed by atoms with Crippen LogP contribution >= 0.6 is 11.3 Å². The van der Waals surface area contributed by atoms with Crippen molar-refractivity contribution >= 4 is 17.1 Å². The first-order valence-electron chi connectivity index (χ1n) is 6.57. The normalized spacial score (nSPS) is 10.8. The van der Waals surface area contributed by atoms with E-state index in [0.29, 0.717) is 6.54 Å². The van der Waals surface area contributed by atoms with Gasteiger partial charge in [0.1, 0.15) is 5.75 Å². The van der Waals surface area contributed by atoms with Crippen molar-refractivity contribution < 1.29 is 9.53 Å². The monoisotopic (exact) mass is 289 g/mol. The molecule has 0 aliphatic heterocycles. The Labute approximate surface area is 123 Å². The van der Waals surface area contributed by atoms with E-state index < -0.39 is 0 Å². The molecular weight excluding hydrogens is 270 g/mol. The van der Waals surface area contributed by atoms with Crippen LogP contribution in [-0.2, 0) is 6.42 Å². The third kappa shape index (κ3) is 4.18. The third-order valence-corrected chi connectivity index (χ3v) is 4.08. The Morgan fingerprint density at radius 3 is 2.60 bits per heavy atom. The van der Waals surface area contributed by atoms with Crippen molar-refractivity contribution in [3.05, 3.63) is 52.2 Å². The Balaban J connectivity index is 1.83. The van der Waals surface area contributed by atoms with Crippen LogP contribution in [0.4, 0.5) is 0 Å². The van der Waals surface area contributed by atoms with Gasteiger partial charge in [-0.05, 0) is 49.2 Å². The van der Waals surface area contributed by atoms with Gasteiger partial charge in [-0.15, -0.1) is 11.3 Å². The lowest BCUT2D eigenvalue weighted by Gasteiger charge is -2.15. The number of Topliss-reactive ketones (excluding diaryl/α,β-unsaturated/α-hetero) is 1. The Hall–Kier alpha value is -1.65. The topological polar surface area (TPSA) is 29.5 Å². The first-order chi connectivity index (χ1) is 9.69. The van der Waals surface area contributed by atoms with Crippen molar-refractivity contribution in [2.75, 3.05) is 27.2 Å². The molecule has 4 heteroatoms. The molecule has 0 saturated heterocycles. The van der Waals surface area contributed by atoms with Crippen molar-refractivity contribution in [3.63, 3.8) is 0 Å². The zero-order valence-electron chi connectivity index (χ0n) is 11.8. The van der Waals surface area contributed by atoms with Gasteiger partial charge in [0, 0.05) is 17.0 Å².